The Morgan fingerprint density at radius 2 is 2.22 bits per heavy atom. The average molecular weight is 267 g/mol. The average Bonchev–Trinajstić information content (AvgIpc) is 2.85. The first-order chi connectivity index (χ1) is 8.69. The molecule has 1 unspecified atom stereocenters. The zero-order valence-electron chi connectivity index (χ0n) is 11.8. The normalized spacial score (nSPS) is 19.2. The Morgan fingerprint density at radius 1 is 1.50 bits per heavy atom. The van der Waals surface area contributed by atoms with Crippen molar-refractivity contribution in [2.75, 3.05) is 18.0 Å². The van der Waals surface area contributed by atoms with Crippen LogP contribution in [0.15, 0.2) is 5.38 Å². The molecule has 1 aromatic rings. The maximum absolute atomic E-state index is 4.75. The SMILES string of the molecule is CCC(C)NCc1csc(N2CCC(C)CC2)n1. The van der Waals surface area contributed by atoms with E-state index in [1.807, 2.05) is 0 Å². The van der Waals surface area contributed by atoms with Crippen LogP contribution in [0.4, 0.5) is 5.13 Å². The van der Waals surface area contributed by atoms with Gasteiger partial charge < -0.3 is 10.2 Å². The molecule has 2 heterocycles. The maximum atomic E-state index is 4.75. The van der Waals surface area contributed by atoms with E-state index in [4.69, 9.17) is 4.98 Å². The predicted molar refractivity (Wildman–Crippen MR) is 79.3 cm³/mol. The van der Waals surface area contributed by atoms with Crippen LogP contribution in [0.5, 0.6) is 0 Å². The molecule has 0 aliphatic carbocycles. The van der Waals surface area contributed by atoms with Gasteiger partial charge >= 0.3 is 0 Å². The lowest BCUT2D eigenvalue weighted by Gasteiger charge is -2.29. The molecule has 0 amide bonds. The number of hydrogen-bond donors (Lipinski definition) is 1. The van der Waals surface area contributed by atoms with Gasteiger partial charge in [0, 0.05) is 31.1 Å². The number of rotatable bonds is 5. The van der Waals surface area contributed by atoms with Crippen molar-refractivity contribution in [1.29, 1.82) is 0 Å². The summed E-state index contributed by atoms with van der Waals surface area (Å²) in [5.41, 5.74) is 1.19. The van der Waals surface area contributed by atoms with E-state index in [1.54, 1.807) is 11.3 Å². The minimum atomic E-state index is 0.575. The quantitative estimate of drug-likeness (QED) is 0.887. The lowest BCUT2D eigenvalue weighted by Crippen LogP contribution is -2.32. The Labute approximate surface area is 115 Å². The summed E-state index contributed by atoms with van der Waals surface area (Å²) < 4.78 is 0. The maximum Gasteiger partial charge on any atom is 0.185 e. The third kappa shape index (κ3) is 3.69. The molecule has 0 radical (unpaired) electrons. The largest absolute Gasteiger partial charge is 0.348 e. The van der Waals surface area contributed by atoms with Crippen LogP contribution >= 0.6 is 11.3 Å². The highest BCUT2D eigenvalue weighted by Gasteiger charge is 2.18. The second-order valence-electron chi connectivity index (χ2n) is 5.48. The lowest BCUT2D eigenvalue weighted by atomic mass is 10.00. The Morgan fingerprint density at radius 3 is 2.89 bits per heavy atom. The lowest BCUT2D eigenvalue weighted by molar-refractivity contribution is 0.438. The van der Waals surface area contributed by atoms with Crippen LogP contribution in [0.2, 0.25) is 0 Å². The van der Waals surface area contributed by atoms with Crippen molar-refractivity contribution >= 4 is 16.5 Å². The molecule has 1 atom stereocenters. The van der Waals surface area contributed by atoms with Crippen molar-refractivity contribution in [3.8, 4) is 0 Å². The second kappa shape index (κ2) is 6.53. The molecular weight excluding hydrogens is 242 g/mol. The standard InChI is InChI=1S/C14H25N3S/c1-4-12(3)15-9-13-10-18-14(16-13)17-7-5-11(2)6-8-17/h10-12,15H,4-9H2,1-3H3. The first kappa shape index (κ1) is 13.8. The van der Waals surface area contributed by atoms with Gasteiger partial charge in [-0.1, -0.05) is 13.8 Å². The van der Waals surface area contributed by atoms with Crippen LogP contribution in [0, 0.1) is 5.92 Å². The van der Waals surface area contributed by atoms with Crippen LogP contribution in [-0.2, 0) is 6.54 Å². The number of nitrogens with zero attached hydrogens (tertiary/aromatic N) is 2. The van der Waals surface area contributed by atoms with Gasteiger partial charge in [0.05, 0.1) is 5.69 Å². The molecule has 1 N–H and O–H groups in total. The Hall–Kier alpha value is -0.610. The summed E-state index contributed by atoms with van der Waals surface area (Å²) in [5, 5.41) is 6.91. The third-order valence-corrected chi connectivity index (χ3v) is 4.79. The van der Waals surface area contributed by atoms with E-state index in [-0.39, 0.29) is 0 Å². The fraction of sp³-hybridized carbons (Fsp3) is 0.786. The second-order valence-corrected chi connectivity index (χ2v) is 6.32. The first-order valence-corrected chi connectivity index (χ1v) is 7.99. The molecule has 1 aliphatic heterocycles. The van der Waals surface area contributed by atoms with Gasteiger partial charge in [0.2, 0.25) is 0 Å². The molecule has 4 heteroatoms. The smallest absolute Gasteiger partial charge is 0.185 e. The van der Waals surface area contributed by atoms with Gasteiger partial charge in [-0.05, 0) is 32.1 Å². The number of thiazole rings is 1. The van der Waals surface area contributed by atoms with Crippen molar-refractivity contribution < 1.29 is 0 Å². The molecule has 18 heavy (non-hydrogen) atoms. The summed E-state index contributed by atoms with van der Waals surface area (Å²) in [6.45, 7) is 10.0. The van der Waals surface area contributed by atoms with Gasteiger partial charge in [0.15, 0.2) is 5.13 Å². The van der Waals surface area contributed by atoms with Crippen molar-refractivity contribution in [2.45, 2.75) is 52.6 Å². The molecule has 0 bridgehead atoms. The molecule has 1 fully saturated rings. The number of aromatic nitrogens is 1. The molecule has 0 saturated carbocycles. The predicted octanol–water partition coefficient (Wildman–Crippen LogP) is 3.27. The number of hydrogen-bond acceptors (Lipinski definition) is 4. The molecule has 2 rings (SSSR count). The van der Waals surface area contributed by atoms with Gasteiger partial charge in [-0.15, -0.1) is 11.3 Å². The fourth-order valence-corrected chi connectivity index (χ4v) is 3.02. The molecular formula is C14H25N3S. The highest BCUT2D eigenvalue weighted by Crippen LogP contribution is 2.26. The first-order valence-electron chi connectivity index (χ1n) is 7.11. The van der Waals surface area contributed by atoms with Crippen LogP contribution in [0.1, 0.15) is 45.7 Å². The van der Waals surface area contributed by atoms with E-state index >= 15 is 0 Å². The van der Waals surface area contributed by atoms with Gasteiger partial charge in [0.25, 0.3) is 0 Å². The minimum absolute atomic E-state index is 0.575. The van der Waals surface area contributed by atoms with Crippen molar-refractivity contribution in [2.24, 2.45) is 5.92 Å². The monoisotopic (exact) mass is 267 g/mol. The summed E-state index contributed by atoms with van der Waals surface area (Å²) in [4.78, 5) is 7.19. The molecule has 0 aromatic carbocycles. The summed E-state index contributed by atoms with van der Waals surface area (Å²) in [6.07, 6.45) is 3.78. The van der Waals surface area contributed by atoms with E-state index in [0.717, 1.165) is 12.5 Å². The Balaban J connectivity index is 1.86. The fourth-order valence-electron chi connectivity index (χ4n) is 2.15. The van der Waals surface area contributed by atoms with E-state index < -0.39 is 0 Å². The van der Waals surface area contributed by atoms with Gasteiger partial charge in [-0.25, -0.2) is 4.98 Å². The minimum Gasteiger partial charge on any atom is -0.348 e. The van der Waals surface area contributed by atoms with Crippen LogP contribution in [0.3, 0.4) is 0 Å². The van der Waals surface area contributed by atoms with E-state index in [0.29, 0.717) is 6.04 Å². The van der Waals surface area contributed by atoms with E-state index in [1.165, 1.54) is 43.2 Å². The molecule has 0 spiro atoms. The molecule has 102 valence electrons. The zero-order valence-corrected chi connectivity index (χ0v) is 12.6. The van der Waals surface area contributed by atoms with Crippen molar-refractivity contribution in [3.63, 3.8) is 0 Å². The van der Waals surface area contributed by atoms with E-state index in [9.17, 15) is 0 Å². The zero-order chi connectivity index (χ0) is 13.0. The van der Waals surface area contributed by atoms with Crippen LogP contribution < -0.4 is 10.2 Å². The molecule has 1 aliphatic rings. The van der Waals surface area contributed by atoms with Crippen LogP contribution in [0.25, 0.3) is 0 Å². The Bertz CT molecular complexity index is 356. The molecule has 3 nitrogen and oxygen atoms in total. The van der Waals surface area contributed by atoms with Crippen molar-refractivity contribution in [1.82, 2.24) is 10.3 Å². The van der Waals surface area contributed by atoms with Crippen molar-refractivity contribution in [3.05, 3.63) is 11.1 Å². The number of piperidine rings is 1. The topological polar surface area (TPSA) is 28.2 Å². The van der Waals surface area contributed by atoms with Gasteiger partial charge in [-0.3, -0.25) is 0 Å². The number of anilines is 1. The third-order valence-electron chi connectivity index (χ3n) is 3.84. The summed E-state index contributed by atoms with van der Waals surface area (Å²) in [5.74, 6) is 0.882. The summed E-state index contributed by atoms with van der Waals surface area (Å²) in [7, 11) is 0. The Kier molecular flexibility index (Phi) is 5.01. The van der Waals surface area contributed by atoms with E-state index in [2.05, 4.69) is 36.4 Å². The highest BCUT2D eigenvalue weighted by atomic mass is 32.1. The summed E-state index contributed by atoms with van der Waals surface area (Å²) >= 11 is 1.79. The summed E-state index contributed by atoms with van der Waals surface area (Å²) in [6, 6.07) is 0.575. The molecule has 1 saturated heterocycles. The van der Waals surface area contributed by atoms with Crippen LogP contribution in [-0.4, -0.2) is 24.1 Å². The van der Waals surface area contributed by atoms with Gasteiger partial charge in [0.1, 0.15) is 0 Å². The number of nitrogens with one attached hydrogen (secondary N) is 1. The van der Waals surface area contributed by atoms with Gasteiger partial charge in [-0.2, -0.15) is 0 Å². The molecule has 1 aromatic heterocycles. The highest BCUT2D eigenvalue weighted by molar-refractivity contribution is 7.13.